The van der Waals surface area contributed by atoms with E-state index in [1.807, 2.05) is 13.0 Å². The van der Waals surface area contributed by atoms with E-state index in [0.29, 0.717) is 19.0 Å². The molecule has 1 aliphatic rings. The van der Waals surface area contributed by atoms with Gasteiger partial charge in [-0.2, -0.15) is 0 Å². The third-order valence-electron chi connectivity index (χ3n) is 3.70. The minimum Gasteiger partial charge on any atom is -0.467 e. The normalized spacial score (nSPS) is 20.3. The van der Waals surface area contributed by atoms with E-state index in [4.69, 9.17) is 9.15 Å². The Kier molecular flexibility index (Phi) is 9.12. The van der Waals surface area contributed by atoms with Crippen LogP contribution in [0.5, 0.6) is 0 Å². The zero-order valence-electron chi connectivity index (χ0n) is 14.3. The first kappa shape index (κ1) is 20.8. The highest BCUT2D eigenvalue weighted by atomic mass is 127. The smallest absolute Gasteiger partial charge is 0.242 e. The van der Waals surface area contributed by atoms with Gasteiger partial charge in [-0.15, -0.1) is 24.0 Å². The summed E-state index contributed by atoms with van der Waals surface area (Å²) in [7, 11) is 0. The third kappa shape index (κ3) is 7.08. The van der Waals surface area contributed by atoms with E-state index in [1.54, 1.807) is 12.3 Å². The molecule has 1 aromatic heterocycles. The van der Waals surface area contributed by atoms with Crippen LogP contribution in [-0.2, 0) is 16.1 Å². The lowest BCUT2D eigenvalue weighted by molar-refractivity contribution is -0.119. The molecule has 1 aromatic rings. The van der Waals surface area contributed by atoms with Crippen molar-refractivity contribution in [2.45, 2.75) is 38.8 Å². The lowest BCUT2D eigenvalue weighted by atomic mass is 10.0. The van der Waals surface area contributed by atoms with Crippen molar-refractivity contribution in [1.82, 2.24) is 16.0 Å². The molecule has 1 aliphatic heterocycles. The van der Waals surface area contributed by atoms with E-state index in [1.165, 1.54) is 0 Å². The Bertz CT molecular complexity index is 513. The molecule has 1 atom stereocenters. The van der Waals surface area contributed by atoms with Gasteiger partial charge in [-0.05, 0) is 38.8 Å². The van der Waals surface area contributed by atoms with Gasteiger partial charge in [-0.1, -0.05) is 0 Å². The van der Waals surface area contributed by atoms with Crippen LogP contribution in [0, 0.1) is 0 Å². The first-order valence-electron chi connectivity index (χ1n) is 8.06. The maximum absolute atomic E-state index is 11.8. The summed E-state index contributed by atoms with van der Waals surface area (Å²) in [5.41, 5.74) is -0.155. The van der Waals surface area contributed by atoms with Gasteiger partial charge in [0.05, 0.1) is 18.4 Å². The number of nitrogens with one attached hydrogen (secondary N) is 3. The summed E-state index contributed by atoms with van der Waals surface area (Å²) >= 11 is 0. The summed E-state index contributed by atoms with van der Waals surface area (Å²) in [6, 6.07) is 3.61. The molecular weight excluding hydrogens is 423 g/mol. The van der Waals surface area contributed by atoms with Crippen molar-refractivity contribution >= 4 is 35.8 Å². The number of halogens is 1. The van der Waals surface area contributed by atoms with E-state index >= 15 is 0 Å². The summed E-state index contributed by atoms with van der Waals surface area (Å²) < 4.78 is 10.9. The van der Waals surface area contributed by atoms with Gasteiger partial charge >= 0.3 is 0 Å². The number of amides is 1. The number of hydrogen-bond donors (Lipinski definition) is 3. The molecule has 2 heterocycles. The van der Waals surface area contributed by atoms with Crippen molar-refractivity contribution in [3.8, 4) is 0 Å². The molecular formula is C16H27IN4O3. The summed E-state index contributed by atoms with van der Waals surface area (Å²) in [6.45, 7) is 6.73. The minimum absolute atomic E-state index is 0. The molecule has 3 N–H and O–H groups in total. The highest BCUT2D eigenvalue weighted by molar-refractivity contribution is 14.0. The fourth-order valence-corrected chi connectivity index (χ4v) is 2.39. The highest BCUT2D eigenvalue weighted by Crippen LogP contribution is 2.23. The van der Waals surface area contributed by atoms with E-state index in [9.17, 15) is 4.79 Å². The number of carbonyl (C=O) groups is 1. The van der Waals surface area contributed by atoms with Crippen LogP contribution in [0.1, 0.15) is 32.4 Å². The summed E-state index contributed by atoms with van der Waals surface area (Å²) in [5.74, 6) is 1.19. The molecule has 1 fully saturated rings. The van der Waals surface area contributed by atoms with Crippen LogP contribution in [0.25, 0.3) is 0 Å². The monoisotopic (exact) mass is 450 g/mol. The van der Waals surface area contributed by atoms with Crippen molar-refractivity contribution in [1.29, 1.82) is 0 Å². The standard InChI is InChI=1S/C16H26N4O3.HI/c1-3-17-15(20-12-16(2)7-5-9-23-16)19-11-14(21)18-10-13-6-4-8-22-13;/h4,6,8H,3,5,7,9-12H2,1-2H3,(H,18,21)(H2,17,19,20);1H. The average molecular weight is 450 g/mol. The van der Waals surface area contributed by atoms with Gasteiger partial charge in [-0.25, -0.2) is 4.99 Å². The Hall–Kier alpha value is -1.29. The first-order chi connectivity index (χ1) is 11.1. The summed E-state index contributed by atoms with van der Waals surface area (Å²) in [5, 5.41) is 9.14. The van der Waals surface area contributed by atoms with Gasteiger partial charge in [0.1, 0.15) is 12.3 Å². The number of guanidine groups is 1. The van der Waals surface area contributed by atoms with Crippen LogP contribution >= 0.6 is 24.0 Å². The maximum atomic E-state index is 11.8. The molecule has 7 nitrogen and oxygen atoms in total. The highest BCUT2D eigenvalue weighted by Gasteiger charge is 2.29. The molecule has 0 spiro atoms. The summed E-state index contributed by atoms with van der Waals surface area (Å²) in [6.07, 6.45) is 3.70. The van der Waals surface area contributed by atoms with Crippen LogP contribution in [-0.4, -0.2) is 43.7 Å². The van der Waals surface area contributed by atoms with E-state index in [-0.39, 0.29) is 42.0 Å². The first-order valence-corrected chi connectivity index (χ1v) is 8.06. The molecule has 8 heteroatoms. The second-order valence-electron chi connectivity index (χ2n) is 5.81. The van der Waals surface area contributed by atoms with Gasteiger partial charge in [0.15, 0.2) is 5.96 Å². The third-order valence-corrected chi connectivity index (χ3v) is 3.70. The van der Waals surface area contributed by atoms with Gasteiger partial charge in [0.2, 0.25) is 5.91 Å². The van der Waals surface area contributed by atoms with Crippen molar-refractivity contribution < 1.29 is 13.9 Å². The molecule has 1 unspecified atom stereocenters. The molecule has 136 valence electrons. The number of carbonyl (C=O) groups excluding carboxylic acids is 1. The van der Waals surface area contributed by atoms with E-state index in [2.05, 4.69) is 27.9 Å². The predicted octanol–water partition coefficient (Wildman–Crippen LogP) is 1.64. The Morgan fingerprint density at radius 2 is 2.21 bits per heavy atom. The topological polar surface area (TPSA) is 87.9 Å². The molecule has 1 saturated heterocycles. The van der Waals surface area contributed by atoms with Crippen molar-refractivity contribution in [2.24, 2.45) is 4.99 Å². The predicted molar refractivity (Wildman–Crippen MR) is 104 cm³/mol. The maximum Gasteiger partial charge on any atom is 0.242 e. The number of furan rings is 1. The Morgan fingerprint density at radius 3 is 2.83 bits per heavy atom. The Morgan fingerprint density at radius 1 is 1.38 bits per heavy atom. The van der Waals surface area contributed by atoms with Crippen LogP contribution in [0.15, 0.2) is 27.8 Å². The van der Waals surface area contributed by atoms with Gasteiger partial charge in [-0.3, -0.25) is 4.79 Å². The average Bonchev–Trinajstić information content (AvgIpc) is 3.20. The van der Waals surface area contributed by atoms with Crippen molar-refractivity contribution in [3.63, 3.8) is 0 Å². The second kappa shape index (κ2) is 10.5. The van der Waals surface area contributed by atoms with Gasteiger partial charge in [0.25, 0.3) is 0 Å². The van der Waals surface area contributed by atoms with Crippen LogP contribution in [0.4, 0.5) is 0 Å². The van der Waals surface area contributed by atoms with E-state index in [0.717, 1.165) is 31.8 Å². The molecule has 0 aliphatic carbocycles. The molecule has 2 rings (SSSR count). The van der Waals surface area contributed by atoms with Crippen LogP contribution in [0.2, 0.25) is 0 Å². The van der Waals surface area contributed by atoms with Gasteiger partial charge in [0, 0.05) is 19.7 Å². The molecule has 0 radical (unpaired) electrons. The Balaban J connectivity index is 0.00000288. The number of hydrogen-bond acceptors (Lipinski definition) is 4. The fourth-order valence-electron chi connectivity index (χ4n) is 2.39. The molecule has 0 bridgehead atoms. The van der Waals surface area contributed by atoms with Gasteiger partial charge < -0.3 is 25.1 Å². The molecule has 24 heavy (non-hydrogen) atoms. The summed E-state index contributed by atoms with van der Waals surface area (Å²) in [4.78, 5) is 16.1. The lowest BCUT2D eigenvalue weighted by Gasteiger charge is -2.24. The van der Waals surface area contributed by atoms with Crippen LogP contribution < -0.4 is 16.0 Å². The SMILES string of the molecule is CCNC(=NCC(=O)NCc1ccco1)NCC1(C)CCCO1.I. The zero-order chi connectivity index (χ0) is 16.5. The van der Waals surface area contributed by atoms with Crippen LogP contribution in [0.3, 0.4) is 0 Å². The fraction of sp³-hybridized carbons (Fsp3) is 0.625. The zero-order valence-corrected chi connectivity index (χ0v) is 16.6. The quantitative estimate of drug-likeness (QED) is 0.334. The largest absolute Gasteiger partial charge is 0.467 e. The minimum atomic E-state index is -0.155. The van der Waals surface area contributed by atoms with Crippen molar-refractivity contribution in [3.05, 3.63) is 24.2 Å². The molecule has 0 aromatic carbocycles. The Labute approximate surface area is 160 Å². The molecule has 1 amide bonds. The number of ether oxygens (including phenoxy) is 1. The number of aliphatic imine (C=N–C) groups is 1. The molecule has 0 saturated carbocycles. The lowest BCUT2D eigenvalue weighted by Crippen LogP contribution is -2.46. The number of rotatable bonds is 7. The van der Waals surface area contributed by atoms with E-state index < -0.39 is 0 Å². The van der Waals surface area contributed by atoms with Crippen molar-refractivity contribution in [2.75, 3.05) is 26.2 Å². The number of nitrogens with zero attached hydrogens (tertiary/aromatic N) is 1. The second-order valence-corrected chi connectivity index (χ2v) is 5.81.